The highest BCUT2D eigenvalue weighted by atomic mass is 35.5. The fourth-order valence-electron chi connectivity index (χ4n) is 2.36. The number of pyridine rings is 2. The molecular weight excluding hydrogens is 298 g/mol. The molecule has 4 nitrogen and oxygen atoms in total. The van der Waals surface area contributed by atoms with Gasteiger partial charge < -0.3 is 5.11 Å². The third kappa shape index (κ3) is 3.06. The van der Waals surface area contributed by atoms with Crippen LogP contribution in [0.15, 0.2) is 42.6 Å². The molecule has 0 bridgehead atoms. The third-order valence-corrected chi connectivity index (χ3v) is 3.54. The molecule has 0 saturated heterocycles. The van der Waals surface area contributed by atoms with Crippen LogP contribution in [-0.2, 0) is 13.0 Å². The molecule has 0 saturated carbocycles. The van der Waals surface area contributed by atoms with E-state index in [1.165, 1.54) is 0 Å². The smallest absolute Gasteiger partial charge is 0.141 e. The van der Waals surface area contributed by atoms with E-state index in [2.05, 4.69) is 9.97 Å². The molecule has 0 radical (unpaired) electrons. The topological polar surface area (TPSA) is 69.8 Å². The van der Waals surface area contributed by atoms with Crippen molar-refractivity contribution in [3.8, 4) is 6.07 Å². The summed E-state index contributed by atoms with van der Waals surface area (Å²) in [5, 5.41) is 19.8. The van der Waals surface area contributed by atoms with E-state index in [9.17, 15) is 5.11 Å². The normalized spacial score (nSPS) is 10.6. The van der Waals surface area contributed by atoms with Crippen molar-refractivity contribution in [2.45, 2.75) is 13.0 Å². The zero-order valence-electron chi connectivity index (χ0n) is 11.6. The van der Waals surface area contributed by atoms with Crippen LogP contribution >= 0.6 is 11.6 Å². The van der Waals surface area contributed by atoms with Gasteiger partial charge in [-0.05, 0) is 41.5 Å². The Morgan fingerprint density at radius 3 is 2.77 bits per heavy atom. The summed E-state index contributed by atoms with van der Waals surface area (Å²) in [7, 11) is 0. The van der Waals surface area contributed by atoms with Crippen molar-refractivity contribution in [2.75, 3.05) is 0 Å². The van der Waals surface area contributed by atoms with Gasteiger partial charge in [-0.3, -0.25) is 4.98 Å². The van der Waals surface area contributed by atoms with Gasteiger partial charge in [0, 0.05) is 23.7 Å². The molecule has 0 unspecified atom stereocenters. The van der Waals surface area contributed by atoms with Crippen molar-refractivity contribution < 1.29 is 5.11 Å². The lowest BCUT2D eigenvalue weighted by Crippen LogP contribution is -1.98. The van der Waals surface area contributed by atoms with Gasteiger partial charge in [-0.25, -0.2) is 4.98 Å². The molecule has 0 fully saturated rings. The average Bonchev–Trinajstić information content (AvgIpc) is 2.54. The number of fused-ring (bicyclic) bond motifs is 1. The minimum absolute atomic E-state index is 0.110. The van der Waals surface area contributed by atoms with Crippen LogP contribution in [0.5, 0.6) is 0 Å². The number of nitriles is 1. The van der Waals surface area contributed by atoms with Gasteiger partial charge in [-0.2, -0.15) is 5.26 Å². The molecular formula is C17H12ClN3O. The highest BCUT2D eigenvalue weighted by Gasteiger charge is 2.05. The highest BCUT2D eigenvalue weighted by Crippen LogP contribution is 2.20. The maximum atomic E-state index is 9.26. The second-order valence-electron chi connectivity index (χ2n) is 4.98. The van der Waals surface area contributed by atoms with Crippen LogP contribution in [0, 0.1) is 11.3 Å². The molecule has 3 aromatic rings. The first-order chi connectivity index (χ1) is 10.7. The molecule has 1 N–H and O–H groups in total. The molecule has 0 aliphatic carbocycles. The number of rotatable bonds is 3. The minimum atomic E-state index is -0.110. The first kappa shape index (κ1) is 14.5. The summed E-state index contributed by atoms with van der Waals surface area (Å²) in [5.74, 6) is 0. The molecule has 0 spiro atoms. The summed E-state index contributed by atoms with van der Waals surface area (Å²) < 4.78 is 0. The largest absolute Gasteiger partial charge is 0.392 e. The molecule has 0 aliphatic rings. The number of hydrogen-bond acceptors (Lipinski definition) is 4. The quantitative estimate of drug-likeness (QED) is 0.806. The average molecular weight is 310 g/mol. The molecule has 0 aliphatic heterocycles. The number of halogens is 1. The number of aromatic nitrogens is 2. The van der Waals surface area contributed by atoms with E-state index in [-0.39, 0.29) is 6.61 Å². The molecule has 5 heteroatoms. The number of aliphatic hydroxyl groups is 1. The zero-order chi connectivity index (χ0) is 15.5. The Morgan fingerprint density at radius 2 is 2.00 bits per heavy atom. The molecule has 1 aromatic carbocycles. The van der Waals surface area contributed by atoms with Crippen LogP contribution < -0.4 is 0 Å². The van der Waals surface area contributed by atoms with Gasteiger partial charge in [0.1, 0.15) is 11.8 Å². The predicted octanol–water partition coefficient (Wildman–Crippen LogP) is 3.24. The lowest BCUT2D eigenvalue weighted by atomic mass is 10.0. The zero-order valence-corrected chi connectivity index (χ0v) is 12.4. The van der Waals surface area contributed by atoms with Gasteiger partial charge >= 0.3 is 0 Å². The highest BCUT2D eigenvalue weighted by molar-refractivity contribution is 6.31. The van der Waals surface area contributed by atoms with E-state index in [1.54, 1.807) is 18.3 Å². The second-order valence-corrected chi connectivity index (χ2v) is 5.42. The van der Waals surface area contributed by atoms with Gasteiger partial charge in [0.15, 0.2) is 0 Å². The summed E-state index contributed by atoms with van der Waals surface area (Å²) in [5.41, 5.74) is 3.67. The van der Waals surface area contributed by atoms with Gasteiger partial charge in [0.2, 0.25) is 0 Å². The Bertz CT molecular complexity index is 887. The monoisotopic (exact) mass is 309 g/mol. The van der Waals surface area contributed by atoms with Crippen molar-refractivity contribution in [3.63, 3.8) is 0 Å². The predicted molar refractivity (Wildman–Crippen MR) is 84.4 cm³/mol. The first-order valence-electron chi connectivity index (χ1n) is 6.73. The Labute approximate surface area is 132 Å². The number of hydrogen-bond donors (Lipinski definition) is 1. The maximum absolute atomic E-state index is 9.26. The van der Waals surface area contributed by atoms with Gasteiger partial charge in [0.05, 0.1) is 17.1 Å². The lowest BCUT2D eigenvalue weighted by Gasteiger charge is -2.06. The second kappa shape index (κ2) is 6.10. The summed E-state index contributed by atoms with van der Waals surface area (Å²) in [6.45, 7) is -0.110. The van der Waals surface area contributed by atoms with Crippen LogP contribution in [0.2, 0.25) is 5.02 Å². The molecule has 108 valence electrons. The van der Waals surface area contributed by atoms with Gasteiger partial charge in [-0.15, -0.1) is 0 Å². The number of nitrogens with zero attached hydrogens (tertiary/aromatic N) is 3. The summed E-state index contributed by atoms with van der Waals surface area (Å²) in [4.78, 5) is 8.54. The van der Waals surface area contributed by atoms with Crippen molar-refractivity contribution in [2.24, 2.45) is 0 Å². The van der Waals surface area contributed by atoms with E-state index < -0.39 is 0 Å². The van der Waals surface area contributed by atoms with E-state index in [4.69, 9.17) is 16.9 Å². The molecule has 0 atom stereocenters. The van der Waals surface area contributed by atoms with E-state index in [0.29, 0.717) is 22.7 Å². The van der Waals surface area contributed by atoms with Crippen molar-refractivity contribution in [3.05, 3.63) is 70.1 Å². The lowest BCUT2D eigenvalue weighted by molar-refractivity contribution is 0.281. The molecule has 2 aromatic heterocycles. The summed E-state index contributed by atoms with van der Waals surface area (Å²) in [6, 6.07) is 13.2. The Morgan fingerprint density at radius 1 is 1.14 bits per heavy atom. The standard InChI is InChI=1S/C17H12ClN3O/c18-14-7-13-3-11(1-2-17(13)20-9-14)4-15-5-12(10-22)6-16(8-19)21-15/h1-3,5-7,9,22H,4,10H2. The van der Waals surface area contributed by atoms with Crippen LogP contribution in [0.1, 0.15) is 22.5 Å². The van der Waals surface area contributed by atoms with Crippen LogP contribution in [0.3, 0.4) is 0 Å². The number of aliphatic hydroxyl groups excluding tert-OH is 1. The summed E-state index contributed by atoms with van der Waals surface area (Å²) >= 11 is 5.97. The Balaban J connectivity index is 1.97. The van der Waals surface area contributed by atoms with Gasteiger partial charge in [-0.1, -0.05) is 17.7 Å². The molecule has 0 amide bonds. The fourth-order valence-corrected chi connectivity index (χ4v) is 2.53. The van der Waals surface area contributed by atoms with Crippen LogP contribution in [0.4, 0.5) is 0 Å². The van der Waals surface area contributed by atoms with E-state index in [1.807, 2.05) is 30.3 Å². The third-order valence-electron chi connectivity index (χ3n) is 3.33. The minimum Gasteiger partial charge on any atom is -0.392 e. The van der Waals surface area contributed by atoms with Crippen LogP contribution in [-0.4, -0.2) is 15.1 Å². The maximum Gasteiger partial charge on any atom is 0.141 e. The van der Waals surface area contributed by atoms with Gasteiger partial charge in [0.25, 0.3) is 0 Å². The molecule has 2 heterocycles. The van der Waals surface area contributed by atoms with Crippen molar-refractivity contribution >= 4 is 22.5 Å². The summed E-state index contributed by atoms with van der Waals surface area (Å²) in [6.07, 6.45) is 2.19. The van der Waals surface area contributed by atoms with Crippen LogP contribution in [0.25, 0.3) is 10.9 Å². The SMILES string of the molecule is N#Cc1cc(CO)cc(Cc2ccc3ncc(Cl)cc3c2)n1. The fraction of sp³-hybridized carbons (Fsp3) is 0.118. The number of benzene rings is 1. The Hall–Kier alpha value is -2.48. The first-order valence-corrected chi connectivity index (χ1v) is 7.11. The molecule has 22 heavy (non-hydrogen) atoms. The Kier molecular flexibility index (Phi) is 4.01. The molecule has 3 rings (SSSR count). The van der Waals surface area contributed by atoms with Crippen molar-refractivity contribution in [1.82, 2.24) is 9.97 Å². The van der Waals surface area contributed by atoms with Crippen molar-refractivity contribution in [1.29, 1.82) is 5.26 Å². The van der Waals surface area contributed by atoms with E-state index >= 15 is 0 Å². The van der Waals surface area contributed by atoms with E-state index in [0.717, 1.165) is 22.2 Å².